The fourth-order valence-corrected chi connectivity index (χ4v) is 4.36. The van der Waals surface area contributed by atoms with Crippen molar-refractivity contribution in [2.45, 2.75) is 62.8 Å². The third kappa shape index (κ3) is 3.39. The average Bonchev–Trinajstić information content (AvgIpc) is 2.60. The molecule has 7 heteroatoms. The first-order valence-corrected chi connectivity index (χ1v) is 8.62. The first-order valence-electron chi connectivity index (χ1n) is 7.14. The Bertz CT molecular complexity index is 537. The lowest BCUT2D eigenvalue weighted by molar-refractivity contribution is 0.369. The topological polar surface area (TPSA) is 101 Å². The van der Waals surface area contributed by atoms with E-state index in [2.05, 4.69) is 14.9 Å². The number of aryl methyl sites for hydroxylation is 2. The lowest BCUT2D eigenvalue weighted by Crippen LogP contribution is -2.49. The zero-order chi connectivity index (χ0) is 14.8. The molecule has 1 aromatic heterocycles. The maximum absolute atomic E-state index is 12.4. The molecule has 114 valence electrons. The lowest BCUT2D eigenvalue weighted by atomic mass is 9.92. The Morgan fingerprint density at radius 2 is 1.85 bits per heavy atom. The second kappa shape index (κ2) is 5.83. The molecule has 0 spiro atoms. The fourth-order valence-electron chi connectivity index (χ4n) is 2.86. The molecule has 0 atom stereocenters. The van der Waals surface area contributed by atoms with Crippen molar-refractivity contribution in [1.82, 2.24) is 14.9 Å². The van der Waals surface area contributed by atoms with Crippen LogP contribution in [0.15, 0.2) is 4.90 Å². The molecule has 0 amide bonds. The van der Waals surface area contributed by atoms with E-state index >= 15 is 0 Å². The molecular formula is C13H24N4O2S. The summed E-state index contributed by atoms with van der Waals surface area (Å²) in [6, 6.07) is 0. The van der Waals surface area contributed by atoms with Crippen molar-refractivity contribution in [3.8, 4) is 0 Å². The van der Waals surface area contributed by atoms with Crippen molar-refractivity contribution < 1.29 is 8.42 Å². The van der Waals surface area contributed by atoms with Gasteiger partial charge in [0.1, 0.15) is 4.90 Å². The first-order chi connectivity index (χ1) is 9.34. The third-order valence-electron chi connectivity index (χ3n) is 4.04. The number of rotatable bonds is 4. The minimum absolute atomic E-state index is 0.245. The van der Waals surface area contributed by atoms with Crippen molar-refractivity contribution in [2.75, 3.05) is 6.54 Å². The number of aromatic nitrogens is 2. The van der Waals surface area contributed by atoms with Crippen LogP contribution in [0.1, 0.15) is 49.9 Å². The normalized spacial score (nSPS) is 19.8. The van der Waals surface area contributed by atoms with Gasteiger partial charge in [-0.05, 0) is 26.7 Å². The summed E-state index contributed by atoms with van der Waals surface area (Å²) in [6.45, 7) is 3.68. The Hall–Kier alpha value is -0.920. The van der Waals surface area contributed by atoms with Crippen LogP contribution in [0.5, 0.6) is 0 Å². The summed E-state index contributed by atoms with van der Waals surface area (Å²) in [6.07, 6.45) is 6.26. The number of nitrogens with one attached hydrogen (secondary N) is 2. The summed E-state index contributed by atoms with van der Waals surface area (Å²) >= 11 is 0. The maximum atomic E-state index is 12.4. The van der Waals surface area contributed by atoms with Gasteiger partial charge in [0.05, 0.1) is 11.4 Å². The van der Waals surface area contributed by atoms with Crippen molar-refractivity contribution in [3.05, 3.63) is 11.4 Å². The van der Waals surface area contributed by atoms with Gasteiger partial charge >= 0.3 is 0 Å². The zero-order valence-corrected chi connectivity index (χ0v) is 13.0. The van der Waals surface area contributed by atoms with Crippen LogP contribution >= 0.6 is 0 Å². The Kier molecular flexibility index (Phi) is 4.51. The zero-order valence-electron chi connectivity index (χ0n) is 12.2. The van der Waals surface area contributed by atoms with E-state index in [1.54, 1.807) is 13.8 Å². The highest BCUT2D eigenvalue weighted by molar-refractivity contribution is 7.89. The highest BCUT2D eigenvalue weighted by Gasteiger charge is 2.30. The third-order valence-corrected chi connectivity index (χ3v) is 5.71. The molecule has 1 aliphatic rings. The number of nitrogens with two attached hydrogens (primary N) is 1. The average molecular weight is 300 g/mol. The van der Waals surface area contributed by atoms with E-state index in [0.717, 1.165) is 25.7 Å². The molecule has 0 bridgehead atoms. The van der Waals surface area contributed by atoms with Crippen LogP contribution in [0.2, 0.25) is 0 Å². The summed E-state index contributed by atoms with van der Waals surface area (Å²) < 4.78 is 27.4. The molecule has 2 rings (SSSR count). The summed E-state index contributed by atoms with van der Waals surface area (Å²) in [4.78, 5) is 0.245. The van der Waals surface area contributed by atoms with E-state index in [1.165, 1.54) is 12.8 Å². The fraction of sp³-hybridized carbons (Fsp3) is 0.769. The monoisotopic (exact) mass is 300 g/mol. The minimum Gasteiger partial charge on any atom is -0.324 e. The van der Waals surface area contributed by atoms with E-state index in [9.17, 15) is 8.42 Å². The summed E-state index contributed by atoms with van der Waals surface area (Å²) in [5.74, 6) is 0. The number of aromatic amines is 1. The molecule has 0 unspecified atom stereocenters. The molecule has 1 aliphatic carbocycles. The van der Waals surface area contributed by atoms with Crippen LogP contribution in [0.4, 0.5) is 0 Å². The Labute approximate surface area is 120 Å². The van der Waals surface area contributed by atoms with Gasteiger partial charge < -0.3 is 5.73 Å². The molecule has 0 radical (unpaired) electrons. The number of H-pyrrole nitrogens is 1. The van der Waals surface area contributed by atoms with Gasteiger partial charge in [-0.25, -0.2) is 13.1 Å². The van der Waals surface area contributed by atoms with E-state index in [4.69, 9.17) is 5.73 Å². The highest BCUT2D eigenvalue weighted by Crippen LogP contribution is 2.25. The van der Waals surface area contributed by atoms with E-state index in [0.29, 0.717) is 17.9 Å². The second-order valence-electron chi connectivity index (χ2n) is 5.86. The van der Waals surface area contributed by atoms with Gasteiger partial charge in [-0.15, -0.1) is 0 Å². The van der Waals surface area contributed by atoms with E-state index in [1.807, 2.05) is 0 Å². The summed E-state index contributed by atoms with van der Waals surface area (Å²) in [5, 5.41) is 6.63. The number of nitrogens with zero attached hydrogens (tertiary/aromatic N) is 1. The molecule has 20 heavy (non-hydrogen) atoms. The number of hydrogen-bond donors (Lipinski definition) is 3. The molecule has 0 saturated heterocycles. The molecule has 1 fully saturated rings. The van der Waals surface area contributed by atoms with Crippen LogP contribution in [-0.2, 0) is 10.0 Å². The molecule has 1 saturated carbocycles. The summed E-state index contributed by atoms with van der Waals surface area (Å²) in [5.41, 5.74) is 6.97. The second-order valence-corrected chi connectivity index (χ2v) is 7.57. The van der Waals surface area contributed by atoms with Crippen LogP contribution in [-0.4, -0.2) is 30.7 Å². The van der Waals surface area contributed by atoms with Crippen molar-refractivity contribution in [2.24, 2.45) is 5.73 Å². The Morgan fingerprint density at radius 1 is 1.25 bits per heavy atom. The SMILES string of the molecule is Cc1n[nH]c(C)c1S(=O)(=O)NCC1(N)CCCCCC1. The van der Waals surface area contributed by atoms with E-state index < -0.39 is 15.6 Å². The van der Waals surface area contributed by atoms with Crippen molar-refractivity contribution in [3.63, 3.8) is 0 Å². The van der Waals surface area contributed by atoms with Gasteiger partial charge in [0, 0.05) is 12.1 Å². The van der Waals surface area contributed by atoms with Gasteiger partial charge in [0.15, 0.2) is 0 Å². The van der Waals surface area contributed by atoms with Gasteiger partial charge in [-0.3, -0.25) is 5.10 Å². The molecule has 0 aliphatic heterocycles. The predicted octanol–water partition coefficient (Wildman–Crippen LogP) is 1.36. The Balaban J connectivity index is 2.09. The quantitative estimate of drug-likeness (QED) is 0.731. The van der Waals surface area contributed by atoms with Crippen LogP contribution < -0.4 is 10.5 Å². The Morgan fingerprint density at radius 3 is 2.35 bits per heavy atom. The molecule has 1 aromatic rings. The van der Waals surface area contributed by atoms with Gasteiger partial charge in [-0.2, -0.15) is 5.10 Å². The van der Waals surface area contributed by atoms with Gasteiger partial charge in [-0.1, -0.05) is 25.7 Å². The number of sulfonamides is 1. The first kappa shape index (κ1) is 15.5. The van der Waals surface area contributed by atoms with Crippen LogP contribution in [0.3, 0.4) is 0 Å². The standard InChI is InChI=1S/C13H24N4O2S/c1-10-12(11(2)17-16-10)20(18,19)15-9-13(14)7-5-3-4-6-8-13/h15H,3-9,14H2,1-2H3,(H,16,17). The molecule has 4 N–H and O–H groups in total. The van der Waals surface area contributed by atoms with Crippen molar-refractivity contribution >= 4 is 10.0 Å². The molecule has 1 heterocycles. The largest absolute Gasteiger partial charge is 0.324 e. The van der Waals surface area contributed by atoms with Gasteiger partial charge in [0.2, 0.25) is 10.0 Å². The lowest BCUT2D eigenvalue weighted by Gasteiger charge is -2.28. The number of hydrogen-bond acceptors (Lipinski definition) is 4. The maximum Gasteiger partial charge on any atom is 0.244 e. The molecule has 0 aromatic carbocycles. The van der Waals surface area contributed by atoms with Gasteiger partial charge in [0.25, 0.3) is 0 Å². The molecule has 6 nitrogen and oxygen atoms in total. The predicted molar refractivity (Wildman–Crippen MR) is 77.9 cm³/mol. The van der Waals surface area contributed by atoms with Crippen molar-refractivity contribution in [1.29, 1.82) is 0 Å². The minimum atomic E-state index is -3.55. The highest BCUT2D eigenvalue weighted by atomic mass is 32.2. The van der Waals surface area contributed by atoms with Crippen LogP contribution in [0.25, 0.3) is 0 Å². The smallest absolute Gasteiger partial charge is 0.244 e. The summed E-state index contributed by atoms with van der Waals surface area (Å²) in [7, 11) is -3.55. The molecular weight excluding hydrogens is 276 g/mol. The van der Waals surface area contributed by atoms with Crippen LogP contribution in [0, 0.1) is 13.8 Å². The van der Waals surface area contributed by atoms with E-state index in [-0.39, 0.29) is 4.90 Å².